The van der Waals surface area contributed by atoms with Crippen LogP contribution in [0, 0.1) is 0 Å². The Labute approximate surface area is 159 Å². The molecule has 0 aliphatic heterocycles. The molecule has 2 N–H and O–H groups in total. The summed E-state index contributed by atoms with van der Waals surface area (Å²) in [4.78, 5) is 22.9. The molecule has 0 spiro atoms. The van der Waals surface area contributed by atoms with Crippen LogP contribution in [0.4, 0.5) is 21.0 Å². The van der Waals surface area contributed by atoms with E-state index >= 15 is 0 Å². The highest BCUT2D eigenvalue weighted by Crippen LogP contribution is 2.16. The summed E-state index contributed by atoms with van der Waals surface area (Å²) < 4.78 is 9.69. The molecule has 6 nitrogen and oxygen atoms in total. The topological polar surface area (TPSA) is 76.7 Å². The van der Waals surface area contributed by atoms with Crippen molar-refractivity contribution < 1.29 is 19.1 Å². The van der Waals surface area contributed by atoms with Gasteiger partial charge < -0.3 is 9.47 Å². The summed E-state index contributed by atoms with van der Waals surface area (Å²) in [6.07, 6.45) is 2.87. The van der Waals surface area contributed by atoms with E-state index < -0.39 is 12.2 Å². The maximum absolute atomic E-state index is 11.7. The van der Waals surface area contributed by atoms with Crippen molar-refractivity contribution in [3.63, 3.8) is 0 Å². The summed E-state index contributed by atoms with van der Waals surface area (Å²) in [5.41, 5.74) is 3.62. The summed E-state index contributed by atoms with van der Waals surface area (Å²) in [6.45, 7) is 2.55. The van der Waals surface area contributed by atoms with Crippen molar-refractivity contribution in [2.24, 2.45) is 0 Å². The number of anilines is 2. The summed E-state index contributed by atoms with van der Waals surface area (Å²) in [6, 6.07) is 15.2. The maximum atomic E-state index is 11.7. The minimum atomic E-state index is -0.491. The largest absolute Gasteiger partial charge is 0.453 e. The van der Waals surface area contributed by atoms with E-state index in [0.29, 0.717) is 18.0 Å². The van der Waals surface area contributed by atoms with E-state index in [2.05, 4.69) is 22.3 Å². The van der Waals surface area contributed by atoms with Crippen molar-refractivity contribution >= 4 is 23.6 Å². The third-order valence-electron chi connectivity index (χ3n) is 3.98. The van der Waals surface area contributed by atoms with Gasteiger partial charge in [-0.25, -0.2) is 9.59 Å². The molecule has 0 aliphatic carbocycles. The van der Waals surface area contributed by atoms with Crippen LogP contribution in [0.25, 0.3) is 0 Å². The van der Waals surface area contributed by atoms with Crippen molar-refractivity contribution in [1.82, 2.24) is 0 Å². The Morgan fingerprint density at radius 2 is 1.33 bits per heavy atom. The van der Waals surface area contributed by atoms with Gasteiger partial charge in [-0.15, -0.1) is 0 Å². The van der Waals surface area contributed by atoms with E-state index in [-0.39, 0.29) is 0 Å². The SMILES string of the molecule is CCCCCOC(=O)Nc1ccc(Cc2ccc(NC(=O)OC)cc2)cc1. The van der Waals surface area contributed by atoms with Gasteiger partial charge in [0.2, 0.25) is 0 Å². The second-order valence-corrected chi connectivity index (χ2v) is 6.16. The normalized spacial score (nSPS) is 10.1. The smallest absolute Gasteiger partial charge is 0.411 e. The average molecular weight is 370 g/mol. The molecule has 0 heterocycles. The molecule has 144 valence electrons. The van der Waals surface area contributed by atoms with E-state index in [4.69, 9.17) is 4.74 Å². The number of benzene rings is 2. The van der Waals surface area contributed by atoms with Gasteiger partial charge in [-0.2, -0.15) is 0 Å². The molecule has 2 amide bonds. The fourth-order valence-electron chi connectivity index (χ4n) is 2.49. The van der Waals surface area contributed by atoms with E-state index in [1.54, 1.807) is 0 Å². The monoisotopic (exact) mass is 370 g/mol. The van der Waals surface area contributed by atoms with Crippen LogP contribution in [0.2, 0.25) is 0 Å². The molecular formula is C21H26N2O4. The predicted molar refractivity (Wildman–Crippen MR) is 106 cm³/mol. The number of amides is 2. The number of ether oxygens (including phenoxy) is 2. The third kappa shape index (κ3) is 7.40. The van der Waals surface area contributed by atoms with E-state index in [1.807, 2.05) is 48.5 Å². The minimum Gasteiger partial charge on any atom is -0.453 e. The zero-order valence-electron chi connectivity index (χ0n) is 15.8. The molecule has 0 aromatic heterocycles. The van der Waals surface area contributed by atoms with E-state index in [9.17, 15) is 9.59 Å². The molecule has 6 heteroatoms. The molecule has 0 saturated heterocycles. The molecule has 2 aromatic rings. The number of hydrogen-bond acceptors (Lipinski definition) is 4. The second kappa shape index (κ2) is 10.9. The Morgan fingerprint density at radius 3 is 1.81 bits per heavy atom. The summed E-state index contributed by atoms with van der Waals surface area (Å²) in [7, 11) is 1.33. The van der Waals surface area contributed by atoms with Gasteiger partial charge in [-0.1, -0.05) is 44.0 Å². The first-order valence-corrected chi connectivity index (χ1v) is 9.07. The number of carbonyl (C=O) groups is 2. The first-order valence-electron chi connectivity index (χ1n) is 9.07. The molecule has 2 rings (SSSR count). The Morgan fingerprint density at radius 1 is 0.815 bits per heavy atom. The number of nitrogens with one attached hydrogen (secondary N) is 2. The van der Waals surface area contributed by atoms with Gasteiger partial charge in [0.25, 0.3) is 0 Å². The van der Waals surface area contributed by atoms with Crippen LogP contribution in [0.1, 0.15) is 37.3 Å². The van der Waals surface area contributed by atoms with Crippen LogP contribution < -0.4 is 10.6 Å². The van der Waals surface area contributed by atoms with Gasteiger partial charge in [0.1, 0.15) is 0 Å². The summed E-state index contributed by atoms with van der Waals surface area (Å²) >= 11 is 0. The molecule has 0 aliphatic rings. The lowest BCUT2D eigenvalue weighted by molar-refractivity contribution is 0.159. The minimum absolute atomic E-state index is 0.424. The standard InChI is InChI=1S/C21H26N2O4/c1-3-4-5-14-27-21(25)23-19-12-8-17(9-13-19)15-16-6-10-18(11-7-16)22-20(24)26-2/h6-13H,3-5,14-15H2,1-2H3,(H,22,24)(H,23,25). The molecule has 0 fully saturated rings. The molecule has 27 heavy (non-hydrogen) atoms. The average Bonchev–Trinajstić information content (AvgIpc) is 2.68. The zero-order valence-corrected chi connectivity index (χ0v) is 15.8. The van der Waals surface area contributed by atoms with Gasteiger partial charge in [0, 0.05) is 11.4 Å². The number of methoxy groups -OCH3 is 1. The van der Waals surface area contributed by atoms with Crippen LogP contribution in [0.5, 0.6) is 0 Å². The Balaban J connectivity index is 1.82. The summed E-state index contributed by atoms with van der Waals surface area (Å²) in [5.74, 6) is 0. The number of unbranched alkanes of at least 4 members (excludes halogenated alkanes) is 2. The molecule has 0 saturated carbocycles. The number of rotatable bonds is 8. The fourth-order valence-corrected chi connectivity index (χ4v) is 2.49. The third-order valence-corrected chi connectivity index (χ3v) is 3.98. The van der Waals surface area contributed by atoms with E-state index in [1.165, 1.54) is 7.11 Å². The zero-order chi connectivity index (χ0) is 19.5. The van der Waals surface area contributed by atoms with Crippen LogP contribution >= 0.6 is 0 Å². The molecule has 0 bridgehead atoms. The van der Waals surface area contributed by atoms with Gasteiger partial charge in [0.15, 0.2) is 0 Å². The lowest BCUT2D eigenvalue weighted by Crippen LogP contribution is -2.14. The first kappa shape index (κ1) is 20.3. The van der Waals surface area contributed by atoms with Crippen LogP contribution in [-0.4, -0.2) is 25.9 Å². The predicted octanol–water partition coefficient (Wildman–Crippen LogP) is 5.19. The van der Waals surface area contributed by atoms with Gasteiger partial charge >= 0.3 is 12.2 Å². The van der Waals surface area contributed by atoms with Gasteiger partial charge in [-0.05, 0) is 48.2 Å². The molecule has 0 radical (unpaired) electrons. The first-order chi connectivity index (χ1) is 13.1. The molecule has 2 aromatic carbocycles. The van der Waals surface area contributed by atoms with Crippen molar-refractivity contribution in [2.75, 3.05) is 24.4 Å². The lowest BCUT2D eigenvalue weighted by atomic mass is 10.0. The van der Waals surface area contributed by atoms with Crippen molar-refractivity contribution in [3.8, 4) is 0 Å². The summed E-state index contributed by atoms with van der Waals surface area (Å²) in [5, 5.41) is 5.34. The molecule has 0 atom stereocenters. The number of carbonyl (C=O) groups excluding carboxylic acids is 2. The molecular weight excluding hydrogens is 344 g/mol. The Bertz CT molecular complexity index is 727. The van der Waals surface area contributed by atoms with Crippen molar-refractivity contribution in [3.05, 3.63) is 59.7 Å². The number of hydrogen-bond donors (Lipinski definition) is 2. The fraction of sp³-hybridized carbons (Fsp3) is 0.333. The van der Waals surface area contributed by atoms with Gasteiger partial charge in [0.05, 0.1) is 13.7 Å². The van der Waals surface area contributed by atoms with Crippen LogP contribution in [0.15, 0.2) is 48.5 Å². The maximum Gasteiger partial charge on any atom is 0.411 e. The lowest BCUT2D eigenvalue weighted by Gasteiger charge is -2.08. The highest BCUT2D eigenvalue weighted by molar-refractivity contribution is 5.85. The Hall–Kier alpha value is -3.02. The quantitative estimate of drug-likeness (QED) is 0.627. The van der Waals surface area contributed by atoms with Crippen molar-refractivity contribution in [1.29, 1.82) is 0 Å². The van der Waals surface area contributed by atoms with Crippen molar-refractivity contribution in [2.45, 2.75) is 32.6 Å². The van der Waals surface area contributed by atoms with E-state index in [0.717, 1.165) is 36.8 Å². The second-order valence-electron chi connectivity index (χ2n) is 6.16. The Kier molecular flexibility index (Phi) is 8.16. The molecule has 0 unspecified atom stereocenters. The van der Waals surface area contributed by atoms with Crippen LogP contribution in [0.3, 0.4) is 0 Å². The highest BCUT2D eigenvalue weighted by Gasteiger charge is 2.04. The van der Waals surface area contributed by atoms with Gasteiger partial charge in [-0.3, -0.25) is 10.6 Å². The van der Waals surface area contributed by atoms with Crippen LogP contribution in [-0.2, 0) is 15.9 Å². The highest BCUT2D eigenvalue weighted by atomic mass is 16.5.